The van der Waals surface area contributed by atoms with Crippen molar-refractivity contribution in [2.75, 3.05) is 5.75 Å². The molecule has 13 heavy (non-hydrogen) atoms. The lowest BCUT2D eigenvalue weighted by molar-refractivity contribution is 0.216. The molecule has 0 bridgehead atoms. The van der Waals surface area contributed by atoms with Gasteiger partial charge in [-0.15, -0.1) is 0 Å². The van der Waals surface area contributed by atoms with E-state index >= 15 is 0 Å². The van der Waals surface area contributed by atoms with Crippen molar-refractivity contribution >= 4 is 10.1 Å². The summed E-state index contributed by atoms with van der Waals surface area (Å²) in [5.41, 5.74) is 0. The van der Waals surface area contributed by atoms with Crippen LogP contribution in [0, 0.1) is 5.92 Å². The van der Waals surface area contributed by atoms with E-state index in [1.54, 1.807) is 0 Å². The average molecular weight is 206 g/mol. The zero-order valence-electron chi connectivity index (χ0n) is 8.32. The van der Waals surface area contributed by atoms with Crippen molar-refractivity contribution in [3.63, 3.8) is 0 Å². The second-order valence-corrected chi connectivity index (χ2v) is 5.76. The van der Waals surface area contributed by atoms with Crippen LogP contribution in [0.5, 0.6) is 0 Å². The molecule has 0 aromatic rings. The molecule has 0 aromatic heterocycles. The predicted octanol–water partition coefficient (Wildman–Crippen LogP) is 1.93. The second kappa shape index (κ2) is 4.42. The standard InChI is InChI=1S/C9H18O3S/c1-8(2)7-13(10,11)12-9-5-3-4-6-9/h8-9H,3-7H2,1-2H3. The Hall–Kier alpha value is -0.0900. The lowest BCUT2D eigenvalue weighted by Crippen LogP contribution is -2.20. The first-order chi connectivity index (χ1) is 5.99. The highest BCUT2D eigenvalue weighted by Gasteiger charge is 2.23. The molecular formula is C9H18O3S. The normalized spacial score (nSPS) is 19.9. The Morgan fingerprint density at radius 2 is 1.85 bits per heavy atom. The molecule has 1 saturated carbocycles. The van der Waals surface area contributed by atoms with Crippen LogP contribution in [-0.2, 0) is 14.3 Å². The van der Waals surface area contributed by atoms with E-state index in [2.05, 4.69) is 0 Å². The van der Waals surface area contributed by atoms with Gasteiger partial charge >= 0.3 is 0 Å². The van der Waals surface area contributed by atoms with Crippen molar-refractivity contribution in [1.82, 2.24) is 0 Å². The topological polar surface area (TPSA) is 43.4 Å². The molecule has 0 heterocycles. The zero-order valence-corrected chi connectivity index (χ0v) is 9.14. The summed E-state index contributed by atoms with van der Waals surface area (Å²) in [6.45, 7) is 3.77. The van der Waals surface area contributed by atoms with Gasteiger partial charge in [0.25, 0.3) is 10.1 Å². The summed E-state index contributed by atoms with van der Waals surface area (Å²) in [7, 11) is -3.26. The molecule has 0 radical (unpaired) electrons. The first kappa shape index (κ1) is 11.0. The highest BCUT2D eigenvalue weighted by molar-refractivity contribution is 7.86. The zero-order chi connectivity index (χ0) is 9.90. The van der Waals surface area contributed by atoms with Crippen molar-refractivity contribution in [3.05, 3.63) is 0 Å². The molecule has 0 aliphatic heterocycles. The van der Waals surface area contributed by atoms with Gasteiger partial charge in [0.2, 0.25) is 0 Å². The van der Waals surface area contributed by atoms with Gasteiger partial charge in [0.1, 0.15) is 0 Å². The molecule has 0 N–H and O–H groups in total. The van der Waals surface area contributed by atoms with Crippen LogP contribution in [0.1, 0.15) is 39.5 Å². The molecule has 0 spiro atoms. The van der Waals surface area contributed by atoms with Crippen molar-refractivity contribution in [1.29, 1.82) is 0 Å². The molecule has 3 nitrogen and oxygen atoms in total. The molecule has 0 unspecified atom stereocenters. The molecule has 1 fully saturated rings. The minimum Gasteiger partial charge on any atom is -0.267 e. The van der Waals surface area contributed by atoms with Crippen LogP contribution >= 0.6 is 0 Å². The maximum absolute atomic E-state index is 11.4. The maximum Gasteiger partial charge on any atom is 0.267 e. The van der Waals surface area contributed by atoms with Gasteiger partial charge in [-0.1, -0.05) is 26.7 Å². The Bertz CT molecular complexity index is 238. The van der Waals surface area contributed by atoms with E-state index in [1.165, 1.54) is 0 Å². The van der Waals surface area contributed by atoms with Gasteiger partial charge < -0.3 is 0 Å². The third-order valence-corrected chi connectivity index (χ3v) is 3.76. The fraction of sp³-hybridized carbons (Fsp3) is 1.00. The molecule has 0 aromatic carbocycles. The number of hydrogen-bond donors (Lipinski definition) is 0. The monoisotopic (exact) mass is 206 g/mol. The molecule has 0 saturated heterocycles. The molecule has 0 atom stereocenters. The second-order valence-electron chi connectivity index (χ2n) is 4.12. The summed E-state index contributed by atoms with van der Waals surface area (Å²) in [4.78, 5) is 0. The smallest absolute Gasteiger partial charge is 0.267 e. The Labute approximate surface area is 80.6 Å². The van der Waals surface area contributed by atoms with Crippen molar-refractivity contribution in [2.24, 2.45) is 5.92 Å². The summed E-state index contributed by atoms with van der Waals surface area (Å²) >= 11 is 0. The minimum absolute atomic E-state index is 0.0382. The van der Waals surface area contributed by atoms with Gasteiger partial charge in [0.15, 0.2) is 0 Å². The van der Waals surface area contributed by atoms with Crippen LogP contribution in [0.2, 0.25) is 0 Å². The van der Waals surface area contributed by atoms with Gasteiger partial charge in [0, 0.05) is 0 Å². The molecule has 1 aliphatic rings. The molecule has 1 aliphatic carbocycles. The molecule has 0 amide bonds. The Kier molecular flexibility index (Phi) is 3.74. The Morgan fingerprint density at radius 1 is 1.31 bits per heavy atom. The highest BCUT2D eigenvalue weighted by atomic mass is 32.2. The summed E-state index contributed by atoms with van der Waals surface area (Å²) in [5.74, 6) is 0.287. The SMILES string of the molecule is CC(C)CS(=O)(=O)OC1CCCC1. The van der Waals surface area contributed by atoms with Crippen LogP contribution in [0.25, 0.3) is 0 Å². The molecule has 4 heteroatoms. The van der Waals surface area contributed by atoms with E-state index in [0.29, 0.717) is 0 Å². The molecule has 78 valence electrons. The van der Waals surface area contributed by atoms with E-state index in [-0.39, 0.29) is 17.8 Å². The summed E-state index contributed by atoms with van der Waals surface area (Å²) in [5, 5.41) is 0. The van der Waals surface area contributed by atoms with Gasteiger partial charge in [-0.2, -0.15) is 8.42 Å². The van der Waals surface area contributed by atoms with E-state index in [4.69, 9.17) is 4.18 Å². The van der Waals surface area contributed by atoms with Crippen LogP contribution < -0.4 is 0 Å². The lowest BCUT2D eigenvalue weighted by atomic mass is 10.3. The Balaban J connectivity index is 2.41. The largest absolute Gasteiger partial charge is 0.267 e. The fourth-order valence-corrected chi connectivity index (χ4v) is 3.14. The van der Waals surface area contributed by atoms with Crippen LogP contribution in [0.15, 0.2) is 0 Å². The Morgan fingerprint density at radius 3 is 2.31 bits per heavy atom. The van der Waals surface area contributed by atoms with E-state index in [1.807, 2.05) is 13.8 Å². The van der Waals surface area contributed by atoms with E-state index in [9.17, 15) is 8.42 Å². The summed E-state index contributed by atoms with van der Waals surface area (Å²) in [6.07, 6.45) is 3.96. The summed E-state index contributed by atoms with van der Waals surface area (Å²) < 4.78 is 27.8. The quantitative estimate of drug-likeness (QED) is 0.660. The third kappa shape index (κ3) is 4.09. The van der Waals surface area contributed by atoms with Gasteiger partial charge in [-0.3, -0.25) is 4.18 Å². The average Bonchev–Trinajstić information content (AvgIpc) is 2.34. The number of hydrogen-bond acceptors (Lipinski definition) is 3. The van der Waals surface area contributed by atoms with Crippen molar-refractivity contribution in [2.45, 2.75) is 45.6 Å². The fourth-order valence-electron chi connectivity index (χ4n) is 1.64. The van der Waals surface area contributed by atoms with Crippen molar-refractivity contribution < 1.29 is 12.6 Å². The van der Waals surface area contributed by atoms with Crippen LogP contribution in [-0.4, -0.2) is 20.3 Å². The van der Waals surface area contributed by atoms with Crippen LogP contribution in [0.3, 0.4) is 0 Å². The first-order valence-electron chi connectivity index (χ1n) is 4.90. The predicted molar refractivity (Wildman–Crippen MR) is 52.0 cm³/mol. The van der Waals surface area contributed by atoms with E-state index in [0.717, 1.165) is 25.7 Å². The number of rotatable bonds is 4. The van der Waals surface area contributed by atoms with Gasteiger partial charge in [0.05, 0.1) is 11.9 Å². The molecular weight excluding hydrogens is 188 g/mol. The summed E-state index contributed by atoms with van der Waals surface area (Å²) in [6, 6.07) is 0. The van der Waals surface area contributed by atoms with Gasteiger partial charge in [-0.05, 0) is 18.8 Å². The van der Waals surface area contributed by atoms with Crippen molar-refractivity contribution in [3.8, 4) is 0 Å². The first-order valence-corrected chi connectivity index (χ1v) is 6.48. The third-order valence-electron chi connectivity index (χ3n) is 2.12. The molecule has 1 rings (SSSR count). The maximum atomic E-state index is 11.4. The minimum atomic E-state index is -3.26. The van der Waals surface area contributed by atoms with E-state index < -0.39 is 10.1 Å². The lowest BCUT2D eigenvalue weighted by Gasteiger charge is -2.12. The van der Waals surface area contributed by atoms with Gasteiger partial charge in [-0.25, -0.2) is 0 Å². The highest BCUT2D eigenvalue weighted by Crippen LogP contribution is 2.23. The van der Waals surface area contributed by atoms with Crippen LogP contribution in [0.4, 0.5) is 0 Å².